The summed E-state index contributed by atoms with van der Waals surface area (Å²) in [5.41, 5.74) is 7.28. The number of carbonyl (C=O) groups excluding carboxylic acids is 2. The molecule has 1 aromatic carbocycles. The van der Waals surface area contributed by atoms with Crippen LogP contribution in [0, 0.1) is 0 Å². The molecule has 0 saturated heterocycles. The molecule has 0 fully saturated rings. The van der Waals surface area contributed by atoms with Gasteiger partial charge in [-0.05, 0) is 42.8 Å². The minimum atomic E-state index is -4.57. The van der Waals surface area contributed by atoms with Crippen LogP contribution in [0.25, 0.3) is 0 Å². The molecule has 3 N–H and O–H groups in total. The molecule has 0 unspecified atom stereocenters. The third-order valence-electron chi connectivity index (χ3n) is 3.24. The molecule has 27 heavy (non-hydrogen) atoms. The maximum absolute atomic E-state index is 12.5. The Labute approximate surface area is 151 Å². The average molecular weight is 383 g/mol. The zero-order chi connectivity index (χ0) is 20.0. The molecule has 0 saturated carbocycles. The summed E-state index contributed by atoms with van der Waals surface area (Å²) in [6.07, 6.45) is -3.51. The van der Waals surface area contributed by atoms with E-state index in [0.717, 1.165) is 16.9 Å². The minimum absolute atomic E-state index is 0.244. The fourth-order valence-corrected chi connectivity index (χ4v) is 1.94. The summed E-state index contributed by atoms with van der Waals surface area (Å²) < 4.78 is 43.4. The number of rotatable bonds is 7. The molecule has 2 amide bonds. The lowest BCUT2D eigenvalue weighted by Gasteiger charge is -2.06. The van der Waals surface area contributed by atoms with Crippen LogP contribution in [0.2, 0.25) is 0 Å². The largest absolute Gasteiger partial charge is 0.484 e. The summed E-state index contributed by atoms with van der Waals surface area (Å²) in [4.78, 5) is 22.4. The van der Waals surface area contributed by atoms with Crippen LogP contribution in [0.4, 0.5) is 13.2 Å². The Morgan fingerprint density at radius 2 is 1.93 bits per heavy atom. The minimum Gasteiger partial charge on any atom is -0.484 e. The summed E-state index contributed by atoms with van der Waals surface area (Å²) >= 11 is 0. The van der Waals surface area contributed by atoms with E-state index in [0.29, 0.717) is 17.0 Å². The molecule has 0 spiro atoms. The van der Waals surface area contributed by atoms with Crippen molar-refractivity contribution in [3.63, 3.8) is 0 Å². The number of ether oxygens (including phenoxy) is 1. The molecule has 2 aromatic rings. The zero-order valence-corrected chi connectivity index (χ0v) is 14.2. The number of benzene rings is 1. The summed E-state index contributed by atoms with van der Waals surface area (Å²) in [5, 5.41) is 7.17. The first-order valence-electron chi connectivity index (χ1n) is 7.60. The Hall–Kier alpha value is -3.37. The lowest BCUT2D eigenvalue weighted by Crippen LogP contribution is -2.24. The third kappa shape index (κ3) is 6.13. The number of nitrogens with one attached hydrogen (secondary N) is 1. The van der Waals surface area contributed by atoms with E-state index in [1.165, 1.54) is 0 Å². The van der Waals surface area contributed by atoms with Crippen molar-refractivity contribution < 1.29 is 27.5 Å². The van der Waals surface area contributed by atoms with Gasteiger partial charge in [-0.25, -0.2) is 5.43 Å². The van der Waals surface area contributed by atoms with Gasteiger partial charge in [-0.15, -0.1) is 0 Å². The van der Waals surface area contributed by atoms with Gasteiger partial charge in [-0.3, -0.25) is 14.3 Å². The first-order chi connectivity index (χ1) is 12.6. The Kier molecular flexibility index (Phi) is 6.16. The highest BCUT2D eigenvalue weighted by atomic mass is 19.4. The van der Waals surface area contributed by atoms with Crippen molar-refractivity contribution in [1.29, 1.82) is 0 Å². The van der Waals surface area contributed by atoms with E-state index in [4.69, 9.17) is 10.5 Å². The quantitative estimate of drug-likeness (QED) is 0.554. The number of hydrogen-bond acceptors (Lipinski definition) is 5. The first kappa shape index (κ1) is 19.9. The molecule has 1 heterocycles. The van der Waals surface area contributed by atoms with Crippen LogP contribution in [0.15, 0.2) is 41.6 Å². The van der Waals surface area contributed by atoms with E-state index < -0.39 is 30.2 Å². The number of nitrogens with two attached hydrogens (primary N) is 1. The summed E-state index contributed by atoms with van der Waals surface area (Å²) in [5.74, 6) is -0.791. The lowest BCUT2D eigenvalue weighted by atomic mass is 10.1. The topological polar surface area (TPSA) is 112 Å². The summed E-state index contributed by atoms with van der Waals surface area (Å²) in [6, 6.07) is 7.29. The normalized spacial score (nSPS) is 11.9. The van der Waals surface area contributed by atoms with Gasteiger partial charge in [-0.2, -0.15) is 23.4 Å². The lowest BCUT2D eigenvalue weighted by molar-refractivity contribution is -0.141. The third-order valence-corrected chi connectivity index (χ3v) is 3.24. The first-order valence-corrected chi connectivity index (χ1v) is 7.60. The fraction of sp³-hybridized carbons (Fsp3) is 0.250. The predicted molar refractivity (Wildman–Crippen MR) is 88.7 cm³/mol. The van der Waals surface area contributed by atoms with Gasteiger partial charge in [0.1, 0.15) is 12.3 Å². The highest BCUT2D eigenvalue weighted by molar-refractivity contribution is 5.99. The number of primary amides is 1. The fourth-order valence-electron chi connectivity index (χ4n) is 1.94. The van der Waals surface area contributed by atoms with Crippen LogP contribution in [-0.2, 0) is 22.3 Å². The molecule has 144 valence electrons. The van der Waals surface area contributed by atoms with Crippen molar-refractivity contribution in [2.24, 2.45) is 10.8 Å². The molecule has 0 aliphatic carbocycles. The number of nitrogens with zero attached hydrogens (tertiary/aromatic N) is 3. The van der Waals surface area contributed by atoms with Gasteiger partial charge in [0.25, 0.3) is 11.8 Å². The van der Waals surface area contributed by atoms with E-state index in [1.54, 1.807) is 31.2 Å². The van der Waals surface area contributed by atoms with Gasteiger partial charge < -0.3 is 10.5 Å². The van der Waals surface area contributed by atoms with Gasteiger partial charge in [0.05, 0.1) is 5.71 Å². The maximum Gasteiger partial charge on any atom is 0.435 e. The number of amides is 2. The van der Waals surface area contributed by atoms with Crippen molar-refractivity contribution in [2.45, 2.75) is 19.6 Å². The number of hydrogen-bond donors (Lipinski definition) is 2. The van der Waals surface area contributed by atoms with Gasteiger partial charge in [0.2, 0.25) is 0 Å². The number of hydrazone groups is 1. The predicted octanol–water partition coefficient (Wildman–Crippen LogP) is 1.31. The van der Waals surface area contributed by atoms with Crippen LogP contribution in [0.1, 0.15) is 18.2 Å². The average Bonchev–Trinajstić information content (AvgIpc) is 3.07. The van der Waals surface area contributed by atoms with Crippen LogP contribution >= 0.6 is 0 Å². The van der Waals surface area contributed by atoms with Gasteiger partial charge >= 0.3 is 6.18 Å². The molecule has 8 nitrogen and oxygen atoms in total. The number of alkyl halides is 3. The molecular weight excluding hydrogens is 367 g/mol. The van der Waals surface area contributed by atoms with Gasteiger partial charge in [0, 0.05) is 6.20 Å². The van der Waals surface area contributed by atoms with Crippen molar-refractivity contribution >= 4 is 17.5 Å². The van der Waals surface area contributed by atoms with E-state index in [-0.39, 0.29) is 6.61 Å². The number of halogens is 3. The van der Waals surface area contributed by atoms with Crippen LogP contribution < -0.4 is 15.9 Å². The molecule has 0 atom stereocenters. The summed E-state index contributed by atoms with van der Waals surface area (Å²) in [6.45, 7) is 0.980. The second-order valence-electron chi connectivity index (χ2n) is 5.41. The Bertz CT molecular complexity index is 844. The van der Waals surface area contributed by atoms with E-state index in [9.17, 15) is 22.8 Å². The second-order valence-corrected chi connectivity index (χ2v) is 5.41. The molecule has 1 aromatic heterocycles. The number of aromatic nitrogens is 2. The number of carbonyl (C=O) groups is 2. The van der Waals surface area contributed by atoms with Gasteiger partial charge in [0.15, 0.2) is 12.3 Å². The second kappa shape index (κ2) is 8.34. The molecule has 0 aliphatic heterocycles. The molecular formula is C16H16F3N5O3. The van der Waals surface area contributed by atoms with E-state index >= 15 is 0 Å². The highest BCUT2D eigenvalue weighted by Gasteiger charge is 2.33. The molecule has 11 heteroatoms. The smallest absolute Gasteiger partial charge is 0.435 e. The Balaban J connectivity index is 1.91. The molecule has 2 rings (SSSR count). The van der Waals surface area contributed by atoms with Crippen LogP contribution in [0.3, 0.4) is 0 Å². The SMILES string of the molecule is C/C(=N/NC(=O)Cn1ccc(C(F)(F)F)n1)c1ccc(OCC(N)=O)cc1. The van der Waals surface area contributed by atoms with Crippen molar-refractivity contribution in [3.8, 4) is 5.75 Å². The zero-order valence-electron chi connectivity index (χ0n) is 14.2. The highest BCUT2D eigenvalue weighted by Crippen LogP contribution is 2.27. The van der Waals surface area contributed by atoms with Crippen molar-refractivity contribution in [3.05, 3.63) is 47.8 Å². The van der Waals surface area contributed by atoms with Crippen molar-refractivity contribution in [2.75, 3.05) is 6.61 Å². The Morgan fingerprint density at radius 3 is 2.48 bits per heavy atom. The van der Waals surface area contributed by atoms with E-state index in [1.807, 2.05) is 0 Å². The Morgan fingerprint density at radius 1 is 1.26 bits per heavy atom. The van der Waals surface area contributed by atoms with Crippen LogP contribution in [0.5, 0.6) is 5.75 Å². The van der Waals surface area contributed by atoms with E-state index in [2.05, 4.69) is 15.6 Å². The standard InChI is InChI=1S/C16H16F3N5O3/c1-10(11-2-4-12(5-3-11)27-9-14(20)25)21-22-15(26)8-24-7-6-13(23-24)16(17,18)19/h2-7H,8-9H2,1H3,(H2,20,25)(H,22,26)/b21-10-. The maximum atomic E-state index is 12.5. The van der Waals surface area contributed by atoms with Crippen LogP contribution in [-0.4, -0.2) is 33.9 Å². The molecule has 0 bridgehead atoms. The molecule has 0 radical (unpaired) electrons. The monoisotopic (exact) mass is 383 g/mol. The van der Waals surface area contributed by atoms with Gasteiger partial charge in [-0.1, -0.05) is 0 Å². The molecule has 0 aliphatic rings. The summed E-state index contributed by atoms with van der Waals surface area (Å²) in [7, 11) is 0. The van der Waals surface area contributed by atoms with Crippen molar-refractivity contribution in [1.82, 2.24) is 15.2 Å².